The Hall–Kier alpha value is -3.34. The fourth-order valence-corrected chi connectivity index (χ4v) is 3.11. The van der Waals surface area contributed by atoms with E-state index in [1.165, 1.54) is 7.11 Å². The molecule has 124 valence electrons. The number of benzene rings is 2. The third kappa shape index (κ3) is 2.41. The van der Waals surface area contributed by atoms with E-state index in [9.17, 15) is 4.79 Å². The van der Waals surface area contributed by atoms with Gasteiger partial charge in [0, 0.05) is 10.9 Å². The van der Waals surface area contributed by atoms with Crippen LogP contribution in [0.4, 0.5) is 0 Å². The van der Waals surface area contributed by atoms with Crippen molar-refractivity contribution in [2.75, 3.05) is 14.2 Å². The van der Waals surface area contributed by atoms with Gasteiger partial charge in [-0.25, -0.2) is 9.78 Å². The predicted octanol–water partition coefficient (Wildman–Crippen LogP) is 3.95. The van der Waals surface area contributed by atoms with Crippen LogP contribution in [0.5, 0.6) is 5.75 Å². The van der Waals surface area contributed by atoms with Gasteiger partial charge >= 0.3 is 5.97 Å². The Morgan fingerprint density at radius 3 is 2.48 bits per heavy atom. The van der Waals surface area contributed by atoms with Crippen molar-refractivity contribution < 1.29 is 14.3 Å². The van der Waals surface area contributed by atoms with E-state index in [2.05, 4.69) is 11.1 Å². The number of carbonyl (C=O) groups excluding carboxylic acids is 1. The molecule has 0 aliphatic carbocycles. The van der Waals surface area contributed by atoms with E-state index in [0.29, 0.717) is 0 Å². The van der Waals surface area contributed by atoms with Crippen molar-refractivity contribution in [2.45, 2.75) is 0 Å². The van der Waals surface area contributed by atoms with Crippen molar-refractivity contribution in [3.63, 3.8) is 0 Å². The van der Waals surface area contributed by atoms with Gasteiger partial charge in [0.2, 0.25) is 0 Å². The number of carbonyl (C=O) groups is 1. The number of methoxy groups -OCH3 is 2. The highest BCUT2D eigenvalue weighted by Gasteiger charge is 2.16. The number of hydrogen-bond acceptors (Lipinski definition) is 4. The molecule has 0 fully saturated rings. The second kappa shape index (κ2) is 5.94. The van der Waals surface area contributed by atoms with Crippen LogP contribution in [0.3, 0.4) is 0 Å². The van der Waals surface area contributed by atoms with Crippen molar-refractivity contribution in [3.05, 3.63) is 66.6 Å². The van der Waals surface area contributed by atoms with Gasteiger partial charge in [0.1, 0.15) is 12.1 Å². The van der Waals surface area contributed by atoms with Crippen molar-refractivity contribution in [1.29, 1.82) is 0 Å². The van der Waals surface area contributed by atoms with Crippen LogP contribution in [0.25, 0.3) is 27.5 Å². The lowest BCUT2D eigenvalue weighted by Gasteiger charge is -2.05. The summed E-state index contributed by atoms with van der Waals surface area (Å²) in [5, 5.41) is 1.09. The van der Waals surface area contributed by atoms with Crippen LogP contribution >= 0.6 is 0 Å². The summed E-state index contributed by atoms with van der Waals surface area (Å²) >= 11 is 0. The monoisotopic (exact) mass is 332 g/mol. The molecular weight excluding hydrogens is 316 g/mol. The van der Waals surface area contributed by atoms with Crippen molar-refractivity contribution in [3.8, 4) is 16.9 Å². The molecule has 2 aromatic heterocycles. The molecule has 4 rings (SSSR count). The molecule has 25 heavy (non-hydrogen) atoms. The van der Waals surface area contributed by atoms with E-state index >= 15 is 0 Å². The van der Waals surface area contributed by atoms with Gasteiger partial charge in [0.25, 0.3) is 0 Å². The lowest BCUT2D eigenvalue weighted by atomic mass is 10.0. The maximum absolute atomic E-state index is 11.9. The molecule has 2 heterocycles. The summed E-state index contributed by atoms with van der Waals surface area (Å²) in [4.78, 5) is 16.1. The number of hydrogen-bond donors (Lipinski definition) is 0. The molecule has 4 aromatic rings. The SMILES string of the molecule is COC(=O)c1cc2c(-c3ccc(OC)cc3)c3ccccc3n2cn1. The number of para-hydroxylation sites is 1. The average molecular weight is 332 g/mol. The zero-order chi connectivity index (χ0) is 17.4. The summed E-state index contributed by atoms with van der Waals surface area (Å²) in [6, 6.07) is 17.7. The van der Waals surface area contributed by atoms with E-state index in [-0.39, 0.29) is 5.69 Å². The molecule has 0 N–H and O–H groups in total. The molecule has 0 aliphatic heterocycles. The molecule has 0 radical (unpaired) electrons. The summed E-state index contributed by atoms with van der Waals surface area (Å²) in [5.41, 5.74) is 4.31. The van der Waals surface area contributed by atoms with Gasteiger partial charge in [-0.05, 0) is 29.8 Å². The fraction of sp³-hybridized carbons (Fsp3) is 0.100. The molecule has 0 saturated heterocycles. The normalized spacial score (nSPS) is 11.0. The topological polar surface area (TPSA) is 52.8 Å². The number of rotatable bonds is 3. The Balaban J connectivity index is 2.05. The second-order valence-corrected chi connectivity index (χ2v) is 5.64. The van der Waals surface area contributed by atoms with E-state index in [4.69, 9.17) is 9.47 Å². The molecule has 0 aliphatic rings. The highest BCUT2D eigenvalue weighted by Crippen LogP contribution is 2.36. The Morgan fingerprint density at radius 2 is 1.76 bits per heavy atom. The first-order valence-electron chi connectivity index (χ1n) is 7.84. The Morgan fingerprint density at radius 1 is 1.00 bits per heavy atom. The van der Waals surface area contributed by atoms with Gasteiger partial charge in [0.05, 0.1) is 25.3 Å². The second-order valence-electron chi connectivity index (χ2n) is 5.64. The van der Waals surface area contributed by atoms with Crippen LogP contribution in [0.15, 0.2) is 60.9 Å². The van der Waals surface area contributed by atoms with Gasteiger partial charge in [-0.1, -0.05) is 30.3 Å². The van der Waals surface area contributed by atoms with Crippen LogP contribution < -0.4 is 4.74 Å². The summed E-state index contributed by atoms with van der Waals surface area (Å²) in [5.74, 6) is 0.349. The van der Waals surface area contributed by atoms with Gasteiger partial charge < -0.3 is 9.47 Å². The largest absolute Gasteiger partial charge is 0.497 e. The molecular formula is C20H16N2O3. The van der Waals surface area contributed by atoms with Gasteiger partial charge in [-0.3, -0.25) is 4.40 Å². The molecule has 0 amide bonds. The highest BCUT2D eigenvalue weighted by atomic mass is 16.5. The number of ether oxygens (including phenoxy) is 2. The minimum Gasteiger partial charge on any atom is -0.497 e. The first kappa shape index (κ1) is 15.2. The Bertz CT molecular complexity index is 1080. The zero-order valence-electron chi connectivity index (χ0n) is 13.9. The van der Waals surface area contributed by atoms with Gasteiger partial charge in [-0.15, -0.1) is 0 Å². The predicted molar refractivity (Wildman–Crippen MR) is 96.0 cm³/mol. The van der Waals surface area contributed by atoms with Crippen LogP contribution in [-0.2, 0) is 4.74 Å². The minimum atomic E-state index is -0.451. The van der Waals surface area contributed by atoms with Crippen molar-refractivity contribution >= 4 is 22.4 Å². The molecule has 0 spiro atoms. The molecule has 0 atom stereocenters. The zero-order valence-corrected chi connectivity index (χ0v) is 13.9. The average Bonchev–Trinajstić information content (AvgIpc) is 3.01. The van der Waals surface area contributed by atoms with Crippen molar-refractivity contribution in [1.82, 2.24) is 9.38 Å². The van der Waals surface area contributed by atoms with Crippen molar-refractivity contribution in [2.24, 2.45) is 0 Å². The summed E-state index contributed by atoms with van der Waals surface area (Å²) in [7, 11) is 3.00. The van der Waals surface area contributed by atoms with E-state index in [1.807, 2.05) is 46.9 Å². The summed E-state index contributed by atoms with van der Waals surface area (Å²) in [6.07, 6.45) is 1.66. The fourth-order valence-electron chi connectivity index (χ4n) is 3.11. The maximum atomic E-state index is 11.9. The smallest absolute Gasteiger partial charge is 0.356 e. The minimum absolute atomic E-state index is 0.285. The van der Waals surface area contributed by atoms with Crippen LogP contribution in [0.1, 0.15) is 10.5 Å². The standard InChI is InChI=1S/C20H16N2O3/c1-24-14-9-7-13(8-10-14)19-15-5-3-4-6-17(15)22-12-21-16(11-18(19)22)20(23)25-2/h3-12H,1-2H3. The third-order valence-electron chi connectivity index (χ3n) is 4.31. The maximum Gasteiger partial charge on any atom is 0.356 e. The molecule has 5 heteroatoms. The van der Waals surface area contributed by atoms with Crippen LogP contribution in [-0.4, -0.2) is 29.6 Å². The molecule has 0 bridgehead atoms. The van der Waals surface area contributed by atoms with E-state index in [1.54, 1.807) is 19.5 Å². The van der Waals surface area contributed by atoms with Crippen LogP contribution in [0.2, 0.25) is 0 Å². The first-order valence-corrected chi connectivity index (χ1v) is 7.84. The Labute approximate surface area is 144 Å². The highest BCUT2D eigenvalue weighted by molar-refractivity contribution is 6.06. The Kier molecular flexibility index (Phi) is 3.61. The summed E-state index contributed by atoms with van der Waals surface area (Å²) < 4.78 is 12.0. The molecule has 0 saturated carbocycles. The number of aromatic nitrogens is 2. The third-order valence-corrected chi connectivity index (χ3v) is 4.31. The van der Waals surface area contributed by atoms with Crippen LogP contribution in [0, 0.1) is 0 Å². The molecule has 2 aromatic carbocycles. The van der Waals surface area contributed by atoms with Gasteiger partial charge in [-0.2, -0.15) is 0 Å². The lowest BCUT2D eigenvalue weighted by molar-refractivity contribution is 0.0594. The van der Waals surface area contributed by atoms with Gasteiger partial charge in [0.15, 0.2) is 5.69 Å². The molecule has 0 unspecified atom stereocenters. The molecule has 5 nitrogen and oxygen atoms in total. The first-order chi connectivity index (χ1) is 12.2. The van der Waals surface area contributed by atoms with E-state index < -0.39 is 5.97 Å². The number of fused-ring (bicyclic) bond motifs is 3. The number of esters is 1. The number of nitrogens with zero attached hydrogens (tertiary/aromatic N) is 2. The quantitative estimate of drug-likeness (QED) is 0.533. The summed E-state index contributed by atoms with van der Waals surface area (Å²) in [6.45, 7) is 0. The lowest BCUT2D eigenvalue weighted by Crippen LogP contribution is -2.05. The van der Waals surface area contributed by atoms with E-state index in [0.717, 1.165) is 33.3 Å².